The van der Waals surface area contributed by atoms with E-state index in [2.05, 4.69) is 20.0 Å². The number of hydrogen-bond donors (Lipinski definition) is 2. The average Bonchev–Trinajstić information content (AvgIpc) is 3.00. The lowest BCUT2D eigenvalue weighted by Gasteiger charge is -2.28. The van der Waals surface area contributed by atoms with Gasteiger partial charge in [0.05, 0.1) is 19.0 Å². The van der Waals surface area contributed by atoms with Crippen LogP contribution < -0.4 is 10.8 Å². The van der Waals surface area contributed by atoms with Gasteiger partial charge in [-0.3, -0.25) is 0 Å². The lowest BCUT2D eigenvalue weighted by molar-refractivity contribution is -0.158. The van der Waals surface area contributed by atoms with Crippen LogP contribution in [-0.2, 0) is 25.4 Å². The molecule has 3 rings (SSSR count). The van der Waals surface area contributed by atoms with Crippen LogP contribution in [0.1, 0.15) is 40.0 Å². The van der Waals surface area contributed by atoms with Crippen LogP contribution in [0.2, 0.25) is 0 Å². The average molecular weight is 409 g/mol. The lowest BCUT2D eigenvalue weighted by atomic mass is 9.96. The topological polar surface area (TPSA) is 134 Å². The molecule has 2 unspecified atom stereocenters. The largest absolute Gasteiger partial charge is 0.461 e. The molecule has 2 aromatic heterocycles. The molecular weight excluding hydrogens is 383 g/mol. The Labute approximate surface area is 164 Å². The molecule has 2 heterocycles. The van der Waals surface area contributed by atoms with Gasteiger partial charge in [0.2, 0.25) is 0 Å². The van der Waals surface area contributed by atoms with E-state index in [1.165, 1.54) is 6.33 Å². The van der Waals surface area contributed by atoms with Gasteiger partial charge < -0.3 is 19.8 Å². The Morgan fingerprint density at radius 1 is 1.43 bits per heavy atom. The van der Waals surface area contributed by atoms with Gasteiger partial charge in [-0.15, -0.1) is 0 Å². The monoisotopic (exact) mass is 409 g/mol. The highest BCUT2D eigenvalue weighted by molar-refractivity contribution is 7.42. The first-order chi connectivity index (χ1) is 13.3. The first kappa shape index (κ1) is 20.6. The minimum Gasteiger partial charge on any atom is -0.461 e. The van der Waals surface area contributed by atoms with Gasteiger partial charge in [0.1, 0.15) is 17.9 Å². The smallest absolute Gasteiger partial charge is 0.461 e. The molecule has 0 aromatic carbocycles. The van der Waals surface area contributed by atoms with Crippen molar-refractivity contribution < 1.29 is 18.8 Å². The van der Waals surface area contributed by atoms with Crippen molar-refractivity contribution >= 4 is 30.9 Å². The molecule has 1 aliphatic rings. The number of nitrogens with two attached hydrogens (primary N) is 1. The third-order valence-corrected chi connectivity index (χ3v) is 5.79. The number of carbonyl (C=O) groups is 1. The standard InChI is InChI=1S/C17H26N6O4P/c1-11(7-23-9-21-13-14(18)19-8-20-15(13)23)26-10-28(25)22-17(2,3)16(24)27-12-5-4-6-12/h8-9,11-12H,4-7,10H2,1-3H3,(H,22,25)(H2,18,19,20)/q+1. The summed E-state index contributed by atoms with van der Waals surface area (Å²) in [6.07, 6.45) is 5.59. The van der Waals surface area contributed by atoms with E-state index >= 15 is 0 Å². The Balaban J connectivity index is 1.48. The molecule has 0 saturated heterocycles. The molecule has 2 atom stereocenters. The van der Waals surface area contributed by atoms with Crippen molar-refractivity contribution in [3.8, 4) is 0 Å². The molecule has 10 nitrogen and oxygen atoms in total. The molecule has 1 saturated carbocycles. The molecule has 1 aliphatic carbocycles. The maximum absolute atomic E-state index is 12.3. The van der Waals surface area contributed by atoms with Crippen molar-refractivity contribution in [1.82, 2.24) is 24.6 Å². The van der Waals surface area contributed by atoms with Gasteiger partial charge in [-0.05, 0) is 44.6 Å². The number of esters is 1. The molecule has 1 fully saturated rings. The van der Waals surface area contributed by atoms with Crippen LogP contribution in [0.5, 0.6) is 0 Å². The molecule has 0 aliphatic heterocycles. The van der Waals surface area contributed by atoms with Crippen LogP contribution in [0, 0.1) is 0 Å². The number of fused-ring (bicyclic) bond motifs is 1. The molecule has 0 spiro atoms. The first-order valence-electron chi connectivity index (χ1n) is 9.22. The number of nitrogens with zero attached hydrogens (tertiary/aromatic N) is 4. The van der Waals surface area contributed by atoms with E-state index in [4.69, 9.17) is 15.2 Å². The van der Waals surface area contributed by atoms with Crippen molar-refractivity contribution in [2.75, 3.05) is 12.1 Å². The van der Waals surface area contributed by atoms with Crippen molar-refractivity contribution in [2.45, 2.75) is 64.3 Å². The maximum Gasteiger partial charge on any atom is 0.461 e. The van der Waals surface area contributed by atoms with Gasteiger partial charge in [0.15, 0.2) is 17.0 Å². The van der Waals surface area contributed by atoms with Gasteiger partial charge >= 0.3 is 13.9 Å². The van der Waals surface area contributed by atoms with Gasteiger partial charge in [0.25, 0.3) is 6.35 Å². The van der Waals surface area contributed by atoms with Gasteiger partial charge in [-0.1, -0.05) is 5.09 Å². The predicted octanol–water partition coefficient (Wildman–Crippen LogP) is 1.98. The zero-order chi connectivity index (χ0) is 20.3. The summed E-state index contributed by atoms with van der Waals surface area (Å²) in [6, 6.07) is 0. The molecule has 0 bridgehead atoms. The summed E-state index contributed by atoms with van der Waals surface area (Å²) < 4.78 is 25.2. The molecule has 2 aromatic rings. The number of imidazole rings is 1. The van der Waals surface area contributed by atoms with E-state index in [1.54, 1.807) is 24.7 Å². The fraction of sp³-hybridized carbons (Fsp3) is 0.647. The molecule has 152 valence electrons. The van der Waals surface area contributed by atoms with Crippen molar-refractivity contribution in [2.24, 2.45) is 0 Å². The van der Waals surface area contributed by atoms with Gasteiger partial charge in [0, 0.05) is 0 Å². The Bertz CT molecular complexity index is 866. The molecule has 3 N–H and O–H groups in total. The van der Waals surface area contributed by atoms with Gasteiger partial charge in [-0.25, -0.2) is 19.7 Å². The molecule has 0 amide bonds. The number of anilines is 1. The second-order valence-corrected chi connectivity index (χ2v) is 8.75. The number of nitrogen functional groups attached to an aromatic ring is 1. The fourth-order valence-corrected chi connectivity index (χ4v) is 3.90. The third kappa shape index (κ3) is 4.81. The number of hydrogen-bond acceptors (Lipinski definition) is 8. The Morgan fingerprint density at radius 3 is 2.86 bits per heavy atom. The van der Waals surface area contributed by atoms with Crippen LogP contribution in [0.4, 0.5) is 5.82 Å². The predicted molar refractivity (Wildman–Crippen MR) is 104 cm³/mol. The van der Waals surface area contributed by atoms with Crippen molar-refractivity contribution in [1.29, 1.82) is 0 Å². The van der Waals surface area contributed by atoms with Crippen molar-refractivity contribution in [3.63, 3.8) is 0 Å². The Kier molecular flexibility index (Phi) is 6.22. The number of carbonyl (C=O) groups excluding carboxylic acids is 1. The number of ether oxygens (including phenoxy) is 2. The number of rotatable bonds is 9. The van der Waals surface area contributed by atoms with E-state index in [9.17, 15) is 9.36 Å². The Morgan fingerprint density at radius 2 is 2.18 bits per heavy atom. The molecule has 11 heteroatoms. The fourth-order valence-electron chi connectivity index (χ4n) is 2.73. The summed E-state index contributed by atoms with van der Waals surface area (Å²) >= 11 is 0. The van der Waals surface area contributed by atoms with E-state index in [1.807, 2.05) is 6.92 Å². The second kappa shape index (κ2) is 8.46. The summed E-state index contributed by atoms with van der Waals surface area (Å²) in [5.41, 5.74) is 5.90. The van der Waals surface area contributed by atoms with Crippen LogP contribution in [-0.4, -0.2) is 49.6 Å². The summed E-state index contributed by atoms with van der Waals surface area (Å²) in [5, 5.41) is 2.81. The van der Waals surface area contributed by atoms with Crippen LogP contribution in [0.15, 0.2) is 12.7 Å². The highest BCUT2D eigenvalue weighted by Crippen LogP contribution is 2.27. The first-order valence-corrected chi connectivity index (χ1v) is 10.7. The summed E-state index contributed by atoms with van der Waals surface area (Å²) in [4.78, 5) is 24.5. The van der Waals surface area contributed by atoms with E-state index in [-0.39, 0.29) is 18.6 Å². The maximum atomic E-state index is 12.3. The molecular formula is C17H26N6O4P+. The van der Waals surface area contributed by atoms with E-state index < -0.39 is 19.5 Å². The number of nitrogens with one attached hydrogen (secondary N) is 1. The van der Waals surface area contributed by atoms with Crippen molar-refractivity contribution in [3.05, 3.63) is 12.7 Å². The summed E-state index contributed by atoms with van der Waals surface area (Å²) in [6.45, 7) is 5.64. The highest BCUT2D eigenvalue weighted by Gasteiger charge is 2.39. The van der Waals surface area contributed by atoms with Crippen LogP contribution in [0.3, 0.4) is 0 Å². The van der Waals surface area contributed by atoms with E-state index in [0.29, 0.717) is 23.5 Å². The van der Waals surface area contributed by atoms with Crippen LogP contribution in [0.25, 0.3) is 11.2 Å². The van der Waals surface area contributed by atoms with Crippen LogP contribution >= 0.6 is 7.95 Å². The minimum absolute atomic E-state index is 0.00873. The SMILES string of the molecule is CC(Cn1cnc2c(N)ncnc21)OC[P+](=O)NC(C)(C)C(=O)OC1CCC1. The number of aromatic nitrogens is 4. The van der Waals surface area contributed by atoms with Gasteiger partial charge in [-0.2, -0.15) is 0 Å². The van der Waals surface area contributed by atoms with E-state index in [0.717, 1.165) is 19.3 Å². The minimum atomic E-state index is -1.94. The highest BCUT2D eigenvalue weighted by atomic mass is 31.1. The Hall–Kier alpha value is -2.16. The molecule has 28 heavy (non-hydrogen) atoms. The quantitative estimate of drug-likeness (QED) is 0.471. The zero-order valence-electron chi connectivity index (χ0n) is 16.3. The summed E-state index contributed by atoms with van der Waals surface area (Å²) in [7, 11) is -1.94. The molecule has 0 radical (unpaired) electrons. The second-order valence-electron chi connectivity index (χ2n) is 7.51. The zero-order valence-corrected chi connectivity index (χ0v) is 17.2. The summed E-state index contributed by atoms with van der Waals surface area (Å²) in [5.74, 6) is -0.0728. The third-order valence-electron chi connectivity index (χ3n) is 4.60. The lowest BCUT2D eigenvalue weighted by Crippen LogP contribution is -2.46. The normalized spacial score (nSPS) is 16.6.